The second-order valence-electron chi connectivity index (χ2n) is 14.6. The van der Waals surface area contributed by atoms with Gasteiger partial charge in [-0.1, -0.05) is 146 Å². The zero-order chi connectivity index (χ0) is 37.7. The van der Waals surface area contributed by atoms with Crippen LogP contribution in [0.5, 0.6) is 0 Å². The number of fused-ring (bicyclic) bond motifs is 6. The van der Waals surface area contributed by atoms with Crippen LogP contribution < -0.4 is 4.90 Å². The number of rotatable bonds is 7. The summed E-state index contributed by atoms with van der Waals surface area (Å²) in [7, 11) is 0. The number of anilines is 3. The Morgan fingerprint density at radius 3 is 1.42 bits per heavy atom. The molecule has 0 radical (unpaired) electrons. The summed E-state index contributed by atoms with van der Waals surface area (Å²) >= 11 is 0. The number of para-hydroxylation sites is 2. The molecule has 57 heavy (non-hydrogen) atoms. The molecular weight excluding hydrogens is 693 g/mol. The topological polar surface area (TPSA) is 21.3 Å². The highest BCUT2D eigenvalue weighted by Gasteiger charge is 2.21. The van der Waals surface area contributed by atoms with Crippen molar-refractivity contribution in [2.75, 3.05) is 4.90 Å². The fourth-order valence-electron chi connectivity index (χ4n) is 8.52. The summed E-state index contributed by atoms with van der Waals surface area (Å²) < 4.78 is 9.19. The Bertz CT molecular complexity index is 3100. The lowest BCUT2D eigenvalue weighted by atomic mass is 9.97. The Morgan fingerprint density at radius 1 is 0.316 bits per heavy atom. The van der Waals surface area contributed by atoms with Crippen LogP contribution >= 0.6 is 0 Å². The lowest BCUT2D eigenvalue weighted by Gasteiger charge is -2.27. The summed E-state index contributed by atoms with van der Waals surface area (Å²) in [6, 6.07) is 78.0. The van der Waals surface area contributed by atoms with Gasteiger partial charge in [-0.2, -0.15) is 0 Å². The fourth-order valence-corrected chi connectivity index (χ4v) is 8.52. The minimum absolute atomic E-state index is 0.837. The fraction of sp³-hybridized carbons (Fsp3) is 0. The maximum atomic E-state index is 6.80. The van der Waals surface area contributed by atoms with Crippen molar-refractivity contribution in [2.45, 2.75) is 0 Å². The maximum absolute atomic E-state index is 6.80. The predicted molar refractivity (Wildman–Crippen MR) is 239 cm³/mol. The highest BCUT2D eigenvalue weighted by atomic mass is 16.3. The largest absolute Gasteiger partial charge is 0.456 e. The molecule has 0 spiro atoms. The Balaban J connectivity index is 1.12. The van der Waals surface area contributed by atoms with Crippen molar-refractivity contribution >= 4 is 60.8 Å². The molecule has 0 aliphatic carbocycles. The van der Waals surface area contributed by atoms with Crippen LogP contribution in [-0.4, -0.2) is 4.57 Å². The molecule has 0 atom stereocenters. The molecule has 3 nitrogen and oxygen atoms in total. The first-order chi connectivity index (χ1) is 28.3. The van der Waals surface area contributed by atoms with Gasteiger partial charge in [0.1, 0.15) is 11.2 Å². The van der Waals surface area contributed by atoms with Gasteiger partial charge in [0, 0.05) is 39.3 Å². The van der Waals surface area contributed by atoms with E-state index in [1.54, 1.807) is 0 Å². The molecule has 0 bridgehead atoms. The summed E-state index contributed by atoms with van der Waals surface area (Å²) in [6.45, 7) is 0. The van der Waals surface area contributed by atoms with Gasteiger partial charge in [-0.05, 0) is 100 Å². The van der Waals surface area contributed by atoms with Crippen LogP contribution in [0.3, 0.4) is 0 Å². The Labute approximate surface area is 330 Å². The highest BCUT2D eigenvalue weighted by molar-refractivity contribution is 6.14. The zero-order valence-corrected chi connectivity index (χ0v) is 31.1. The van der Waals surface area contributed by atoms with Gasteiger partial charge < -0.3 is 13.9 Å². The normalized spacial score (nSPS) is 11.5. The number of benzene rings is 9. The van der Waals surface area contributed by atoms with Gasteiger partial charge in [0.15, 0.2) is 0 Å². The second kappa shape index (κ2) is 13.6. The summed E-state index contributed by atoms with van der Waals surface area (Å²) in [5, 5.41) is 4.65. The van der Waals surface area contributed by atoms with E-state index in [4.69, 9.17) is 4.42 Å². The number of aromatic nitrogens is 1. The summed E-state index contributed by atoms with van der Waals surface area (Å²) in [5.41, 5.74) is 15.3. The van der Waals surface area contributed by atoms with E-state index in [0.717, 1.165) is 55.8 Å². The molecule has 0 aliphatic heterocycles. The lowest BCUT2D eigenvalue weighted by Crippen LogP contribution is -2.10. The molecule has 9 aromatic carbocycles. The van der Waals surface area contributed by atoms with Crippen molar-refractivity contribution in [1.29, 1.82) is 0 Å². The van der Waals surface area contributed by atoms with Gasteiger partial charge in [0.2, 0.25) is 0 Å². The highest BCUT2D eigenvalue weighted by Crippen LogP contribution is 2.44. The molecule has 268 valence electrons. The van der Waals surface area contributed by atoms with E-state index in [1.807, 2.05) is 0 Å². The van der Waals surface area contributed by atoms with Crippen LogP contribution in [0.25, 0.3) is 82.8 Å². The van der Waals surface area contributed by atoms with E-state index in [0.29, 0.717) is 0 Å². The first kappa shape index (κ1) is 32.8. The average molecular weight is 729 g/mol. The molecular formula is C54H36N2O. The Hall–Kier alpha value is -7.62. The zero-order valence-electron chi connectivity index (χ0n) is 31.1. The molecule has 11 rings (SSSR count). The first-order valence-corrected chi connectivity index (χ1v) is 19.4. The first-order valence-electron chi connectivity index (χ1n) is 19.4. The molecule has 3 heteroatoms. The Kier molecular flexibility index (Phi) is 7.82. The van der Waals surface area contributed by atoms with Crippen LogP contribution in [-0.2, 0) is 0 Å². The van der Waals surface area contributed by atoms with Crippen LogP contribution in [0.1, 0.15) is 0 Å². The number of hydrogen-bond acceptors (Lipinski definition) is 2. The molecule has 0 amide bonds. The molecule has 0 unspecified atom stereocenters. The summed E-state index contributed by atoms with van der Waals surface area (Å²) in [4.78, 5) is 2.36. The van der Waals surface area contributed by atoms with Crippen molar-refractivity contribution in [1.82, 2.24) is 4.57 Å². The van der Waals surface area contributed by atoms with Crippen molar-refractivity contribution in [3.8, 4) is 39.1 Å². The van der Waals surface area contributed by atoms with Crippen molar-refractivity contribution in [3.63, 3.8) is 0 Å². The minimum atomic E-state index is 0.837. The van der Waals surface area contributed by atoms with Crippen molar-refractivity contribution < 1.29 is 4.42 Å². The molecule has 2 aromatic heterocycles. The van der Waals surface area contributed by atoms with E-state index in [-0.39, 0.29) is 0 Å². The Morgan fingerprint density at radius 2 is 0.825 bits per heavy atom. The third-order valence-corrected chi connectivity index (χ3v) is 11.2. The molecule has 0 N–H and O–H groups in total. The third kappa shape index (κ3) is 5.68. The minimum Gasteiger partial charge on any atom is -0.456 e. The average Bonchev–Trinajstić information content (AvgIpc) is 3.83. The standard InChI is InChI=1S/C54H36N2O/c1-4-15-37(16-5-1)40-27-29-43(30-28-40)55(45-34-41(38-17-6-2-7-18-38)33-42(35-45)39-19-8-3-9-20-39)44-31-32-48-53(36-44)57-52-26-14-25-51(54(48)52)56-49-23-12-10-21-46(49)47-22-11-13-24-50(47)56/h1-36H. The number of hydrogen-bond donors (Lipinski definition) is 0. The molecule has 0 fully saturated rings. The van der Waals surface area contributed by atoms with E-state index in [9.17, 15) is 0 Å². The molecule has 0 saturated carbocycles. The monoisotopic (exact) mass is 728 g/mol. The summed E-state index contributed by atoms with van der Waals surface area (Å²) in [5.74, 6) is 0. The van der Waals surface area contributed by atoms with Crippen LogP contribution in [0, 0.1) is 0 Å². The van der Waals surface area contributed by atoms with Gasteiger partial charge in [-0.15, -0.1) is 0 Å². The SMILES string of the molecule is c1ccc(-c2ccc(N(c3cc(-c4ccccc4)cc(-c4ccccc4)c3)c3ccc4c(c3)oc3cccc(-n5c6ccccc6c6ccccc65)c34)cc2)cc1. The lowest BCUT2D eigenvalue weighted by molar-refractivity contribution is 0.669. The molecule has 0 saturated heterocycles. The van der Waals surface area contributed by atoms with Gasteiger partial charge in [0.25, 0.3) is 0 Å². The van der Waals surface area contributed by atoms with E-state index < -0.39 is 0 Å². The second-order valence-corrected chi connectivity index (χ2v) is 14.6. The number of furan rings is 1. The predicted octanol–water partition coefficient (Wildman–Crippen LogP) is 15.2. The van der Waals surface area contributed by atoms with E-state index in [2.05, 4.69) is 228 Å². The van der Waals surface area contributed by atoms with Gasteiger partial charge in [-0.3, -0.25) is 0 Å². The number of nitrogens with zero attached hydrogens (tertiary/aromatic N) is 2. The van der Waals surface area contributed by atoms with Gasteiger partial charge in [0.05, 0.1) is 22.1 Å². The van der Waals surface area contributed by atoms with Crippen molar-refractivity contribution in [3.05, 3.63) is 218 Å². The third-order valence-electron chi connectivity index (χ3n) is 11.2. The van der Waals surface area contributed by atoms with Crippen LogP contribution in [0.4, 0.5) is 17.1 Å². The van der Waals surface area contributed by atoms with Crippen LogP contribution in [0.2, 0.25) is 0 Å². The molecule has 2 heterocycles. The molecule has 0 aliphatic rings. The van der Waals surface area contributed by atoms with Gasteiger partial charge in [-0.25, -0.2) is 0 Å². The quantitative estimate of drug-likeness (QED) is 0.163. The smallest absolute Gasteiger partial charge is 0.137 e. The molecule has 11 aromatic rings. The van der Waals surface area contributed by atoms with E-state index in [1.165, 1.54) is 44.1 Å². The summed E-state index contributed by atoms with van der Waals surface area (Å²) in [6.07, 6.45) is 0. The van der Waals surface area contributed by atoms with Gasteiger partial charge >= 0.3 is 0 Å². The van der Waals surface area contributed by atoms with E-state index >= 15 is 0 Å². The maximum Gasteiger partial charge on any atom is 0.137 e. The van der Waals surface area contributed by atoms with Crippen LogP contribution in [0.15, 0.2) is 223 Å². The van der Waals surface area contributed by atoms with Crippen molar-refractivity contribution in [2.24, 2.45) is 0 Å².